The Bertz CT molecular complexity index is 326. The first-order chi connectivity index (χ1) is 7.39. The maximum atomic E-state index is 13.1. The van der Waals surface area contributed by atoms with Gasteiger partial charge >= 0.3 is 12.2 Å². The molecule has 0 saturated carbocycles. The molecule has 0 aromatic heterocycles. The second-order valence-corrected chi connectivity index (χ2v) is 5.54. The van der Waals surface area contributed by atoms with Crippen molar-refractivity contribution in [3.8, 4) is 0 Å². The van der Waals surface area contributed by atoms with E-state index >= 15 is 0 Å². The summed E-state index contributed by atoms with van der Waals surface area (Å²) in [6, 6.07) is -5.18. The molecule has 1 rings (SSSR count). The highest BCUT2D eigenvalue weighted by atomic mass is 35.6. The van der Waals surface area contributed by atoms with Gasteiger partial charge in [-0.2, -0.15) is 27.1 Å². The van der Waals surface area contributed by atoms with E-state index < -0.39 is 27.1 Å². The molecule has 1 aliphatic rings. The van der Waals surface area contributed by atoms with Crippen LogP contribution in [0.5, 0.6) is 0 Å². The van der Waals surface area contributed by atoms with Crippen molar-refractivity contribution in [3.05, 3.63) is 0 Å². The molecule has 0 aromatic carbocycles. The first-order valence-electron chi connectivity index (χ1n) is 3.95. The molecule has 0 N–H and O–H groups in total. The number of rotatable bonds is 1. The lowest BCUT2D eigenvalue weighted by Gasteiger charge is -2.37. The predicted molar refractivity (Wildman–Crippen MR) is 53.2 cm³/mol. The van der Waals surface area contributed by atoms with Crippen molar-refractivity contribution >= 4 is 41.1 Å². The van der Waals surface area contributed by atoms with E-state index in [0.717, 1.165) is 7.05 Å². The molecule has 11 heteroatoms. The molecule has 0 aromatic rings. The van der Waals surface area contributed by atoms with Crippen LogP contribution in [0.1, 0.15) is 0 Å². The van der Waals surface area contributed by atoms with Gasteiger partial charge in [0.1, 0.15) is 6.34 Å². The highest BCUT2D eigenvalue weighted by molar-refractivity contribution is 6.68. The summed E-state index contributed by atoms with van der Waals surface area (Å²) in [7, 11) is 1.11. The van der Waals surface area contributed by atoms with Crippen molar-refractivity contribution in [2.75, 3.05) is 7.05 Å². The van der Waals surface area contributed by atoms with Gasteiger partial charge in [-0.1, -0.05) is 34.8 Å². The van der Waals surface area contributed by atoms with Gasteiger partial charge in [-0.05, 0) is 0 Å². The smallest absolute Gasteiger partial charge is 0.272 e. The Hall–Kier alpha value is -0.210. The minimum atomic E-state index is -5.81. The number of hydrazone groups is 1. The number of halogens is 8. The van der Waals surface area contributed by atoms with Gasteiger partial charge in [-0.15, -0.1) is 0 Å². The summed E-state index contributed by atoms with van der Waals surface area (Å²) in [5.74, 6) is 0. The van der Waals surface area contributed by atoms with E-state index in [0.29, 0.717) is 5.01 Å². The summed E-state index contributed by atoms with van der Waals surface area (Å²) in [5, 5.41) is 3.95. The number of hydrogen-bond donors (Lipinski definition) is 0. The second-order valence-electron chi connectivity index (χ2n) is 3.17. The van der Waals surface area contributed by atoms with E-state index in [2.05, 4.69) is 5.10 Å². The third-order valence-electron chi connectivity index (χ3n) is 1.93. The first-order valence-corrected chi connectivity index (χ1v) is 5.09. The summed E-state index contributed by atoms with van der Waals surface area (Å²) in [5.41, 5.74) is 0. The number of nitrogens with zero attached hydrogens (tertiary/aromatic N) is 3. The molecular formula is C6H5Cl3F5N3. The summed E-state index contributed by atoms with van der Waals surface area (Å²) in [6.07, 6.45) is -7.39. The Morgan fingerprint density at radius 2 is 1.59 bits per heavy atom. The van der Waals surface area contributed by atoms with Crippen LogP contribution in [0.2, 0.25) is 0 Å². The SMILES string of the molecule is CN1N=CN(C(F)(F)C(F)(F)F)C1C(Cl)(Cl)Cl. The van der Waals surface area contributed by atoms with Gasteiger partial charge in [0.2, 0.25) is 3.79 Å². The monoisotopic (exact) mass is 319 g/mol. The lowest BCUT2D eigenvalue weighted by Crippen LogP contribution is -2.60. The highest BCUT2D eigenvalue weighted by Crippen LogP contribution is 2.45. The zero-order valence-corrected chi connectivity index (χ0v) is 10.3. The molecule has 0 amide bonds. The third-order valence-corrected chi connectivity index (χ3v) is 2.52. The molecule has 0 radical (unpaired) electrons. The van der Waals surface area contributed by atoms with E-state index in [-0.39, 0.29) is 6.34 Å². The summed E-state index contributed by atoms with van der Waals surface area (Å²) in [6.45, 7) is 0. The summed E-state index contributed by atoms with van der Waals surface area (Å²) in [4.78, 5) is -0.444. The van der Waals surface area contributed by atoms with E-state index in [9.17, 15) is 22.0 Å². The molecule has 100 valence electrons. The van der Waals surface area contributed by atoms with Crippen molar-refractivity contribution in [2.45, 2.75) is 22.2 Å². The fourth-order valence-corrected chi connectivity index (χ4v) is 1.92. The van der Waals surface area contributed by atoms with Crippen molar-refractivity contribution < 1.29 is 22.0 Å². The maximum Gasteiger partial charge on any atom is 0.475 e. The highest BCUT2D eigenvalue weighted by Gasteiger charge is 2.66. The van der Waals surface area contributed by atoms with Crippen LogP contribution in [0.4, 0.5) is 22.0 Å². The Kier molecular flexibility index (Phi) is 3.64. The van der Waals surface area contributed by atoms with Crippen molar-refractivity contribution in [1.82, 2.24) is 9.91 Å². The molecule has 3 nitrogen and oxygen atoms in total. The predicted octanol–water partition coefficient (Wildman–Crippen LogP) is 3.03. The van der Waals surface area contributed by atoms with Crippen molar-refractivity contribution in [3.63, 3.8) is 0 Å². The maximum absolute atomic E-state index is 13.1. The Labute approximate surface area is 108 Å². The van der Waals surface area contributed by atoms with Crippen LogP contribution in [0.3, 0.4) is 0 Å². The van der Waals surface area contributed by atoms with Crippen LogP contribution < -0.4 is 0 Å². The lowest BCUT2D eigenvalue weighted by molar-refractivity contribution is -0.333. The molecule has 0 fully saturated rings. The molecule has 17 heavy (non-hydrogen) atoms. The molecule has 0 bridgehead atoms. The van der Waals surface area contributed by atoms with Crippen LogP contribution in [-0.4, -0.2) is 45.5 Å². The molecular weight excluding hydrogens is 315 g/mol. The number of hydrogen-bond acceptors (Lipinski definition) is 3. The van der Waals surface area contributed by atoms with Crippen LogP contribution in [-0.2, 0) is 0 Å². The molecule has 0 saturated heterocycles. The van der Waals surface area contributed by atoms with Gasteiger partial charge < -0.3 is 0 Å². The van der Waals surface area contributed by atoms with Crippen LogP contribution >= 0.6 is 34.8 Å². The minimum Gasteiger partial charge on any atom is -0.272 e. The average molecular weight is 320 g/mol. The third kappa shape index (κ3) is 2.63. The molecule has 1 atom stereocenters. The second kappa shape index (κ2) is 4.17. The molecule has 1 aliphatic heterocycles. The van der Waals surface area contributed by atoms with Gasteiger partial charge in [0, 0.05) is 7.05 Å². The molecule has 0 aliphatic carbocycles. The zero-order valence-electron chi connectivity index (χ0n) is 8.02. The van der Waals surface area contributed by atoms with Crippen molar-refractivity contribution in [2.24, 2.45) is 5.10 Å². The first kappa shape index (κ1) is 14.8. The summed E-state index contributed by atoms with van der Waals surface area (Å²) >= 11 is 16.1. The van der Waals surface area contributed by atoms with Crippen LogP contribution in [0.15, 0.2) is 5.10 Å². The molecule has 1 unspecified atom stereocenters. The van der Waals surface area contributed by atoms with Gasteiger partial charge in [-0.3, -0.25) is 9.91 Å². The molecule has 0 spiro atoms. The topological polar surface area (TPSA) is 18.8 Å². The van der Waals surface area contributed by atoms with Gasteiger partial charge in [-0.25, -0.2) is 0 Å². The Morgan fingerprint density at radius 3 is 1.94 bits per heavy atom. The average Bonchev–Trinajstić information content (AvgIpc) is 2.44. The van der Waals surface area contributed by atoms with Crippen LogP contribution in [0, 0.1) is 0 Å². The van der Waals surface area contributed by atoms with Gasteiger partial charge in [0.15, 0.2) is 6.17 Å². The fraction of sp³-hybridized carbons (Fsp3) is 0.833. The quantitative estimate of drug-likeness (QED) is 0.420. The summed E-state index contributed by atoms with van der Waals surface area (Å²) < 4.78 is 60.3. The van der Waals surface area contributed by atoms with E-state index in [1.165, 1.54) is 0 Å². The van der Waals surface area contributed by atoms with Gasteiger partial charge in [0.05, 0.1) is 0 Å². The van der Waals surface area contributed by atoms with E-state index in [1.54, 1.807) is 0 Å². The standard InChI is InChI=1S/C6H5Cl3F5N3/c1-16-3(4(7,8)9)17(2-15-16)6(13,14)5(10,11)12/h2-3H,1H3. The largest absolute Gasteiger partial charge is 0.475 e. The molecule has 1 heterocycles. The Morgan fingerprint density at radius 1 is 1.12 bits per heavy atom. The Balaban J connectivity index is 3.10. The van der Waals surface area contributed by atoms with Gasteiger partial charge in [0.25, 0.3) is 0 Å². The zero-order chi connectivity index (χ0) is 13.6. The van der Waals surface area contributed by atoms with E-state index in [4.69, 9.17) is 34.8 Å². The minimum absolute atomic E-state index is 0.278. The fourth-order valence-electron chi connectivity index (χ4n) is 1.19. The van der Waals surface area contributed by atoms with Crippen LogP contribution in [0.25, 0.3) is 0 Å². The van der Waals surface area contributed by atoms with Crippen molar-refractivity contribution in [1.29, 1.82) is 0 Å². The number of alkyl halides is 8. The normalized spacial score (nSPS) is 22.5. The van der Waals surface area contributed by atoms with E-state index in [1.807, 2.05) is 0 Å². The lowest BCUT2D eigenvalue weighted by atomic mass is 10.4.